The Kier molecular flexibility index (Phi) is 4.90. The molecule has 0 aromatic heterocycles. The zero-order valence-electron chi connectivity index (χ0n) is 12.1. The Morgan fingerprint density at radius 3 is 2.55 bits per heavy atom. The van der Waals surface area contributed by atoms with Crippen LogP contribution in [0.5, 0.6) is 0 Å². The van der Waals surface area contributed by atoms with Crippen LogP contribution in [0.1, 0.15) is 24.8 Å². The van der Waals surface area contributed by atoms with Crippen molar-refractivity contribution < 1.29 is 18.4 Å². The van der Waals surface area contributed by atoms with Gasteiger partial charge >= 0.3 is 0 Å². The molecule has 0 spiro atoms. The number of hydrogen-bond donors (Lipinski definition) is 2. The van der Waals surface area contributed by atoms with Crippen molar-refractivity contribution in [3.05, 3.63) is 42.5 Å². The molecule has 0 aliphatic heterocycles. The molecule has 1 fully saturated rings. The zero-order chi connectivity index (χ0) is 16.2. The van der Waals surface area contributed by atoms with Gasteiger partial charge < -0.3 is 10.6 Å². The molecule has 1 atom stereocenters. The first kappa shape index (κ1) is 16.1. The highest BCUT2D eigenvalue weighted by Crippen LogP contribution is 2.34. The van der Waals surface area contributed by atoms with E-state index in [1.807, 2.05) is 0 Å². The van der Waals surface area contributed by atoms with Crippen molar-refractivity contribution in [1.82, 2.24) is 5.32 Å². The van der Waals surface area contributed by atoms with Crippen molar-refractivity contribution in [2.45, 2.75) is 37.6 Å². The van der Waals surface area contributed by atoms with Gasteiger partial charge in [0.2, 0.25) is 17.7 Å². The average Bonchev–Trinajstić information content (AvgIpc) is 2.79. The average molecular weight is 308 g/mol. The summed E-state index contributed by atoms with van der Waals surface area (Å²) in [6.45, 7) is 3.35. The van der Waals surface area contributed by atoms with Gasteiger partial charge in [-0.25, -0.2) is 8.78 Å². The Balaban J connectivity index is 1.84. The van der Waals surface area contributed by atoms with E-state index in [-0.39, 0.29) is 31.1 Å². The van der Waals surface area contributed by atoms with Crippen molar-refractivity contribution in [2.75, 3.05) is 5.32 Å². The number of rotatable bonds is 5. The second kappa shape index (κ2) is 6.68. The van der Waals surface area contributed by atoms with Gasteiger partial charge in [-0.15, -0.1) is 0 Å². The minimum Gasteiger partial charge on any atom is -0.353 e. The van der Waals surface area contributed by atoms with Crippen molar-refractivity contribution in [2.24, 2.45) is 0 Å². The van der Waals surface area contributed by atoms with E-state index in [2.05, 4.69) is 17.2 Å². The smallest absolute Gasteiger partial charge is 0.250 e. The summed E-state index contributed by atoms with van der Waals surface area (Å²) < 4.78 is 26.1. The second-order valence-electron chi connectivity index (χ2n) is 5.43. The SMILES string of the molecule is C=CC(=O)Nc1ccc(CC(=O)NC2CCC(F)(F)C2)cc1. The highest BCUT2D eigenvalue weighted by atomic mass is 19.3. The van der Waals surface area contributed by atoms with E-state index in [1.165, 1.54) is 6.08 Å². The van der Waals surface area contributed by atoms with Gasteiger partial charge in [0.05, 0.1) is 6.42 Å². The van der Waals surface area contributed by atoms with Crippen LogP contribution in [0.3, 0.4) is 0 Å². The van der Waals surface area contributed by atoms with Crippen LogP contribution in [0.4, 0.5) is 14.5 Å². The first-order valence-corrected chi connectivity index (χ1v) is 7.07. The maximum atomic E-state index is 13.1. The van der Waals surface area contributed by atoms with E-state index in [0.717, 1.165) is 5.56 Å². The van der Waals surface area contributed by atoms with Gasteiger partial charge in [-0.1, -0.05) is 18.7 Å². The Hall–Kier alpha value is -2.24. The van der Waals surface area contributed by atoms with Crippen LogP contribution in [0.2, 0.25) is 0 Å². The molecule has 1 aliphatic carbocycles. The van der Waals surface area contributed by atoms with Crippen molar-refractivity contribution in [3.63, 3.8) is 0 Å². The van der Waals surface area contributed by atoms with Crippen molar-refractivity contribution in [3.8, 4) is 0 Å². The van der Waals surface area contributed by atoms with E-state index in [1.54, 1.807) is 24.3 Å². The minimum atomic E-state index is -2.66. The summed E-state index contributed by atoms with van der Waals surface area (Å²) in [5, 5.41) is 5.24. The van der Waals surface area contributed by atoms with Crippen LogP contribution in [-0.4, -0.2) is 23.8 Å². The van der Waals surface area contributed by atoms with Crippen LogP contribution < -0.4 is 10.6 Å². The van der Waals surface area contributed by atoms with Gasteiger partial charge in [0, 0.05) is 24.6 Å². The molecule has 2 amide bonds. The monoisotopic (exact) mass is 308 g/mol. The Morgan fingerprint density at radius 1 is 1.32 bits per heavy atom. The molecule has 1 saturated carbocycles. The molecule has 0 heterocycles. The number of carbonyl (C=O) groups is 2. The number of halogens is 2. The molecule has 1 aromatic carbocycles. The zero-order valence-corrected chi connectivity index (χ0v) is 12.1. The molecule has 6 heteroatoms. The predicted molar refractivity (Wildman–Crippen MR) is 79.7 cm³/mol. The summed E-state index contributed by atoms with van der Waals surface area (Å²) in [6, 6.07) is 6.32. The normalized spacial score (nSPS) is 19.5. The molecule has 0 bridgehead atoms. The highest BCUT2D eigenvalue weighted by Gasteiger charge is 2.39. The van der Waals surface area contributed by atoms with Gasteiger partial charge in [0.1, 0.15) is 0 Å². The number of anilines is 1. The van der Waals surface area contributed by atoms with E-state index < -0.39 is 12.0 Å². The molecule has 4 nitrogen and oxygen atoms in total. The maximum absolute atomic E-state index is 13.1. The lowest BCUT2D eigenvalue weighted by atomic mass is 10.1. The van der Waals surface area contributed by atoms with Crippen molar-refractivity contribution >= 4 is 17.5 Å². The van der Waals surface area contributed by atoms with E-state index in [9.17, 15) is 18.4 Å². The predicted octanol–water partition coefficient (Wildman–Crippen LogP) is 2.66. The largest absolute Gasteiger partial charge is 0.353 e. The third-order valence-electron chi connectivity index (χ3n) is 3.54. The van der Waals surface area contributed by atoms with Gasteiger partial charge in [0.15, 0.2) is 0 Å². The third kappa shape index (κ3) is 4.65. The molecule has 2 N–H and O–H groups in total. The number of benzene rings is 1. The summed E-state index contributed by atoms with van der Waals surface area (Å²) in [5.41, 5.74) is 1.35. The molecule has 118 valence electrons. The Morgan fingerprint density at radius 2 is 2.00 bits per heavy atom. The number of alkyl halides is 2. The lowest BCUT2D eigenvalue weighted by Crippen LogP contribution is -2.34. The fourth-order valence-electron chi connectivity index (χ4n) is 2.44. The standard InChI is InChI=1S/C16H18F2N2O2/c1-2-14(21)19-12-5-3-11(4-6-12)9-15(22)20-13-7-8-16(17,18)10-13/h2-6,13H,1,7-10H2,(H,19,21)(H,20,22). The summed E-state index contributed by atoms with van der Waals surface area (Å²) in [7, 11) is 0. The summed E-state index contributed by atoms with van der Waals surface area (Å²) in [6.07, 6.45) is 1.14. The number of amides is 2. The topological polar surface area (TPSA) is 58.2 Å². The van der Waals surface area contributed by atoms with Crippen LogP contribution in [-0.2, 0) is 16.0 Å². The Labute approximate surface area is 127 Å². The lowest BCUT2D eigenvalue weighted by Gasteiger charge is -2.13. The van der Waals surface area contributed by atoms with Gasteiger partial charge in [-0.2, -0.15) is 0 Å². The molecular formula is C16H18F2N2O2. The lowest BCUT2D eigenvalue weighted by molar-refractivity contribution is -0.121. The first-order chi connectivity index (χ1) is 10.4. The molecule has 1 aromatic rings. The van der Waals surface area contributed by atoms with Gasteiger partial charge in [0.25, 0.3) is 0 Å². The van der Waals surface area contributed by atoms with E-state index in [4.69, 9.17) is 0 Å². The third-order valence-corrected chi connectivity index (χ3v) is 3.54. The molecule has 0 radical (unpaired) electrons. The second-order valence-corrected chi connectivity index (χ2v) is 5.43. The molecule has 22 heavy (non-hydrogen) atoms. The minimum absolute atomic E-state index is 0.123. The quantitative estimate of drug-likeness (QED) is 0.822. The summed E-state index contributed by atoms with van der Waals surface area (Å²) in [4.78, 5) is 23.0. The van der Waals surface area contributed by atoms with Crippen LogP contribution in [0.25, 0.3) is 0 Å². The fourth-order valence-corrected chi connectivity index (χ4v) is 2.44. The van der Waals surface area contributed by atoms with Crippen LogP contribution >= 0.6 is 0 Å². The number of hydrogen-bond acceptors (Lipinski definition) is 2. The fraction of sp³-hybridized carbons (Fsp3) is 0.375. The van der Waals surface area contributed by atoms with E-state index >= 15 is 0 Å². The number of nitrogens with one attached hydrogen (secondary N) is 2. The maximum Gasteiger partial charge on any atom is 0.250 e. The molecule has 2 rings (SSSR count). The Bertz CT molecular complexity index is 570. The van der Waals surface area contributed by atoms with E-state index in [0.29, 0.717) is 12.1 Å². The van der Waals surface area contributed by atoms with Gasteiger partial charge in [-0.3, -0.25) is 9.59 Å². The van der Waals surface area contributed by atoms with Crippen molar-refractivity contribution in [1.29, 1.82) is 0 Å². The summed E-state index contributed by atoms with van der Waals surface area (Å²) >= 11 is 0. The van der Waals surface area contributed by atoms with Gasteiger partial charge in [-0.05, 0) is 30.2 Å². The molecule has 1 aliphatic rings. The molecular weight excluding hydrogens is 290 g/mol. The summed E-state index contributed by atoms with van der Waals surface area (Å²) in [5.74, 6) is -3.25. The molecule has 1 unspecified atom stereocenters. The highest BCUT2D eigenvalue weighted by molar-refractivity contribution is 5.98. The van der Waals surface area contributed by atoms with Crippen LogP contribution in [0.15, 0.2) is 36.9 Å². The molecule has 0 saturated heterocycles. The van der Waals surface area contributed by atoms with Crippen LogP contribution in [0, 0.1) is 0 Å². The number of carbonyl (C=O) groups excluding carboxylic acids is 2. The first-order valence-electron chi connectivity index (χ1n) is 7.07.